The molecule has 0 spiro atoms. The molecule has 0 aliphatic carbocycles. The third-order valence-corrected chi connectivity index (χ3v) is 2.87. The van der Waals surface area contributed by atoms with E-state index in [9.17, 15) is 8.78 Å². The van der Waals surface area contributed by atoms with Gasteiger partial charge in [-0.1, -0.05) is 24.4 Å². The SMILES string of the molecule is CC(CC(N)=S)N(C)Cc1cccc(F)c1F. The van der Waals surface area contributed by atoms with Crippen molar-refractivity contribution in [3.63, 3.8) is 0 Å². The second-order valence-electron chi connectivity index (χ2n) is 4.15. The highest BCUT2D eigenvalue weighted by Crippen LogP contribution is 2.15. The fraction of sp³-hybridized carbons (Fsp3) is 0.417. The van der Waals surface area contributed by atoms with Gasteiger partial charge >= 0.3 is 0 Å². The zero-order valence-electron chi connectivity index (χ0n) is 9.91. The molecular weight excluding hydrogens is 242 g/mol. The summed E-state index contributed by atoms with van der Waals surface area (Å²) >= 11 is 4.82. The van der Waals surface area contributed by atoms with Gasteiger partial charge in [0.1, 0.15) is 0 Å². The molecule has 0 aromatic heterocycles. The molecule has 0 saturated carbocycles. The lowest BCUT2D eigenvalue weighted by Gasteiger charge is -2.24. The van der Waals surface area contributed by atoms with Gasteiger partial charge in [0.2, 0.25) is 0 Å². The summed E-state index contributed by atoms with van der Waals surface area (Å²) < 4.78 is 26.4. The Balaban J connectivity index is 2.70. The molecule has 2 nitrogen and oxygen atoms in total. The van der Waals surface area contributed by atoms with Gasteiger partial charge in [-0.05, 0) is 20.0 Å². The molecule has 0 aliphatic heterocycles. The number of nitrogens with zero attached hydrogens (tertiary/aromatic N) is 1. The lowest BCUT2D eigenvalue weighted by Crippen LogP contribution is -2.32. The van der Waals surface area contributed by atoms with Crippen LogP contribution >= 0.6 is 12.2 Å². The van der Waals surface area contributed by atoms with Crippen LogP contribution in [0.2, 0.25) is 0 Å². The first-order valence-electron chi connectivity index (χ1n) is 5.33. The van der Waals surface area contributed by atoms with Crippen molar-refractivity contribution in [1.82, 2.24) is 4.90 Å². The second kappa shape index (κ2) is 6.02. The van der Waals surface area contributed by atoms with Crippen LogP contribution in [0.3, 0.4) is 0 Å². The Bertz CT molecular complexity index is 409. The van der Waals surface area contributed by atoms with E-state index in [0.717, 1.165) is 6.07 Å². The number of benzene rings is 1. The molecule has 0 radical (unpaired) electrons. The van der Waals surface area contributed by atoms with Gasteiger partial charge in [0.05, 0.1) is 4.99 Å². The first-order valence-corrected chi connectivity index (χ1v) is 5.74. The van der Waals surface area contributed by atoms with Crippen molar-refractivity contribution in [3.05, 3.63) is 35.4 Å². The van der Waals surface area contributed by atoms with Gasteiger partial charge in [-0.15, -0.1) is 0 Å². The molecule has 1 aromatic carbocycles. The van der Waals surface area contributed by atoms with Gasteiger partial charge in [0.25, 0.3) is 0 Å². The fourth-order valence-electron chi connectivity index (χ4n) is 1.54. The maximum atomic E-state index is 13.4. The predicted molar refractivity (Wildman–Crippen MR) is 68.7 cm³/mol. The summed E-state index contributed by atoms with van der Waals surface area (Å²) in [6.07, 6.45) is 0.558. The van der Waals surface area contributed by atoms with Crippen LogP contribution in [0.25, 0.3) is 0 Å². The minimum absolute atomic E-state index is 0.0927. The van der Waals surface area contributed by atoms with Crippen molar-refractivity contribution in [2.24, 2.45) is 5.73 Å². The lowest BCUT2D eigenvalue weighted by molar-refractivity contribution is 0.250. The van der Waals surface area contributed by atoms with Crippen LogP contribution in [0.1, 0.15) is 18.9 Å². The lowest BCUT2D eigenvalue weighted by atomic mass is 10.1. The van der Waals surface area contributed by atoms with E-state index < -0.39 is 11.6 Å². The molecule has 0 bridgehead atoms. The van der Waals surface area contributed by atoms with E-state index in [1.54, 1.807) is 6.07 Å². The van der Waals surface area contributed by atoms with E-state index in [1.807, 2.05) is 18.9 Å². The Kier molecular flexibility index (Phi) is 4.96. The van der Waals surface area contributed by atoms with Crippen LogP contribution in [-0.4, -0.2) is 23.0 Å². The Hall–Kier alpha value is -1.07. The van der Waals surface area contributed by atoms with Gasteiger partial charge in [-0.25, -0.2) is 8.78 Å². The average molecular weight is 258 g/mol. The van der Waals surface area contributed by atoms with Crippen molar-refractivity contribution in [2.45, 2.75) is 25.9 Å². The standard InChI is InChI=1S/C12H16F2N2S/c1-8(6-11(15)17)16(2)7-9-4-3-5-10(13)12(9)14/h3-5,8H,6-7H2,1-2H3,(H2,15,17). The van der Waals surface area contributed by atoms with Crippen molar-refractivity contribution >= 4 is 17.2 Å². The number of thiocarbonyl (C=S) groups is 1. The summed E-state index contributed by atoms with van der Waals surface area (Å²) in [5, 5.41) is 0. The van der Waals surface area contributed by atoms with E-state index in [4.69, 9.17) is 18.0 Å². The minimum atomic E-state index is -0.821. The Morgan fingerprint density at radius 3 is 2.71 bits per heavy atom. The quantitative estimate of drug-likeness (QED) is 0.823. The molecule has 0 amide bonds. The molecule has 0 saturated heterocycles. The number of rotatable bonds is 5. The average Bonchev–Trinajstić information content (AvgIpc) is 2.23. The summed E-state index contributed by atoms with van der Waals surface area (Å²) in [6.45, 7) is 2.27. The molecule has 0 aliphatic rings. The van der Waals surface area contributed by atoms with Crippen molar-refractivity contribution < 1.29 is 8.78 Å². The molecule has 1 unspecified atom stereocenters. The maximum Gasteiger partial charge on any atom is 0.163 e. The second-order valence-corrected chi connectivity index (χ2v) is 4.67. The van der Waals surface area contributed by atoms with E-state index in [1.165, 1.54) is 6.07 Å². The monoisotopic (exact) mass is 258 g/mol. The largest absolute Gasteiger partial charge is 0.393 e. The molecule has 2 N–H and O–H groups in total. The fourth-order valence-corrected chi connectivity index (χ4v) is 1.78. The Morgan fingerprint density at radius 1 is 1.47 bits per heavy atom. The number of hydrogen-bond donors (Lipinski definition) is 1. The first-order chi connectivity index (χ1) is 7.91. The molecule has 5 heteroatoms. The van der Waals surface area contributed by atoms with Crippen LogP contribution < -0.4 is 5.73 Å². The molecule has 17 heavy (non-hydrogen) atoms. The van der Waals surface area contributed by atoms with Crippen LogP contribution in [0.5, 0.6) is 0 Å². The smallest absolute Gasteiger partial charge is 0.163 e. The van der Waals surface area contributed by atoms with Gasteiger partial charge < -0.3 is 5.73 Å². The predicted octanol–water partition coefficient (Wildman–Crippen LogP) is 2.46. The maximum absolute atomic E-state index is 13.4. The molecule has 1 atom stereocenters. The van der Waals surface area contributed by atoms with E-state index in [2.05, 4.69) is 0 Å². The Morgan fingerprint density at radius 2 is 2.12 bits per heavy atom. The normalized spacial score (nSPS) is 12.8. The summed E-state index contributed by atoms with van der Waals surface area (Å²) in [6, 6.07) is 4.27. The highest BCUT2D eigenvalue weighted by molar-refractivity contribution is 7.80. The van der Waals surface area contributed by atoms with Crippen LogP contribution in [-0.2, 0) is 6.54 Å². The van der Waals surface area contributed by atoms with Gasteiger partial charge in [-0.2, -0.15) is 0 Å². The van der Waals surface area contributed by atoms with Gasteiger partial charge in [0.15, 0.2) is 11.6 Å². The number of hydrogen-bond acceptors (Lipinski definition) is 2. The third kappa shape index (κ3) is 4.02. The summed E-state index contributed by atoms with van der Waals surface area (Å²) in [4.78, 5) is 2.31. The third-order valence-electron chi connectivity index (χ3n) is 2.70. The van der Waals surface area contributed by atoms with Crippen molar-refractivity contribution in [1.29, 1.82) is 0 Å². The summed E-state index contributed by atoms with van der Waals surface area (Å²) in [5.74, 6) is -1.61. The van der Waals surface area contributed by atoms with Crippen molar-refractivity contribution in [2.75, 3.05) is 7.05 Å². The zero-order valence-corrected chi connectivity index (χ0v) is 10.7. The molecular formula is C12H16F2N2S. The molecule has 0 fully saturated rings. The van der Waals surface area contributed by atoms with Crippen LogP contribution in [0.4, 0.5) is 8.78 Å². The van der Waals surface area contributed by atoms with E-state index >= 15 is 0 Å². The highest BCUT2D eigenvalue weighted by Gasteiger charge is 2.14. The van der Waals surface area contributed by atoms with Crippen LogP contribution in [0, 0.1) is 11.6 Å². The minimum Gasteiger partial charge on any atom is -0.393 e. The molecule has 94 valence electrons. The molecule has 0 heterocycles. The number of nitrogens with two attached hydrogens (primary N) is 1. The number of halogens is 2. The zero-order chi connectivity index (χ0) is 13.0. The molecule has 1 aromatic rings. The van der Waals surface area contributed by atoms with Gasteiger partial charge in [-0.3, -0.25) is 4.90 Å². The molecule has 1 rings (SSSR count). The first kappa shape index (κ1) is 14.0. The van der Waals surface area contributed by atoms with E-state index in [-0.39, 0.29) is 6.04 Å². The van der Waals surface area contributed by atoms with Crippen LogP contribution in [0.15, 0.2) is 18.2 Å². The highest BCUT2D eigenvalue weighted by atomic mass is 32.1. The summed E-state index contributed by atoms with van der Waals surface area (Å²) in [7, 11) is 1.83. The Labute approximate surface area is 105 Å². The van der Waals surface area contributed by atoms with E-state index in [0.29, 0.717) is 23.5 Å². The summed E-state index contributed by atoms with van der Waals surface area (Å²) in [5.41, 5.74) is 5.78. The van der Waals surface area contributed by atoms with Gasteiger partial charge in [0, 0.05) is 24.6 Å². The van der Waals surface area contributed by atoms with Crippen molar-refractivity contribution in [3.8, 4) is 0 Å². The topological polar surface area (TPSA) is 29.3 Å².